The van der Waals surface area contributed by atoms with Gasteiger partial charge in [0, 0.05) is 50.0 Å². The molecule has 2 heterocycles. The molecule has 1 aliphatic rings. The van der Waals surface area contributed by atoms with Crippen LogP contribution in [0.2, 0.25) is 0 Å². The molecule has 0 aliphatic carbocycles. The molecule has 0 saturated carbocycles. The molecule has 0 atom stereocenters. The SMILES string of the molecule is Cc1ccc(-c2cc(C(=O)N3CCC(NC(=O)c4cccc(N(C)C)c4)CC3)[nH]n2)c(C)c1. The van der Waals surface area contributed by atoms with E-state index in [2.05, 4.69) is 28.5 Å². The van der Waals surface area contributed by atoms with Crippen molar-refractivity contribution in [3.05, 3.63) is 70.9 Å². The van der Waals surface area contributed by atoms with Crippen molar-refractivity contribution in [2.24, 2.45) is 0 Å². The predicted octanol–water partition coefficient (Wildman–Crippen LogP) is 3.79. The fraction of sp³-hybridized carbons (Fsp3) is 0.346. The Labute approximate surface area is 194 Å². The van der Waals surface area contributed by atoms with Gasteiger partial charge in [-0.15, -0.1) is 0 Å². The molecule has 0 unspecified atom stereocenters. The number of hydrogen-bond acceptors (Lipinski definition) is 4. The zero-order valence-corrected chi connectivity index (χ0v) is 19.7. The van der Waals surface area contributed by atoms with Crippen LogP contribution in [0.1, 0.15) is 44.8 Å². The van der Waals surface area contributed by atoms with E-state index in [1.54, 1.807) is 0 Å². The van der Waals surface area contributed by atoms with Gasteiger partial charge in [0.05, 0.1) is 5.69 Å². The average molecular weight is 446 g/mol. The molecule has 0 bridgehead atoms. The van der Waals surface area contributed by atoms with Crippen LogP contribution in [0.5, 0.6) is 0 Å². The number of aryl methyl sites for hydroxylation is 2. The Morgan fingerprint density at radius 1 is 1.06 bits per heavy atom. The van der Waals surface area contributed by atoms with E-state index < -0.39 is 0 Å². The fourth-order valence-electron chi connectivity index (χ4n) is 4.26. The Hall–Kier alpha value is -3.61. The zero-order valence-electron chi connectivity index (χ0n) is 19.7. The summed E-state index contributed by atoms with van der Waals surface area (Å²) in [5.41, 5.74) is 6.26. The topological polar surface area (TPSA) is 81.3 Å². The maximum absolute atomic E-state index is 13.0. The van der Waals surface area contributed by atoms with Gasteiger partial charge in [-0.1, -0.05) is 29.8 Å². The van der Waals surface area contributed by atoms with E-state index in [4.69, 9.17) is 0 Å². The monoisotopic (exact) mass is 445 g/mol. The zero-order chi connectivity index (χ0) is 23.5. The van der Waals surface area contributed by atoms with Crippen molar-refractivity contribution < 1.29 is 9.59 Å². The minimum Gasteiger partial charge on any atom is -0.378 e. The molecule has 7 heteroatoms. The van der Waals surface area contributed by atoms with Crippen molar-refractivity contribution in [2.45, 2.75) is 32.7 Å². The van der Waals surface area contributed by atoms with E-state index in [1.807, 2.05) is 73.3 Å². The number of aromatic nitrogens is 2. The molecule has 1 fully saturated rings. The maximum Gasteiger partial charge on any atom is 0.271 e. The number of likely N-dealkylation sites (tertiary alicyclic amines) is 1. The van der Waals surface area contributed by atoms with Crippen molar-refractivity contribution in [1.29, 1.82) is 0 Å². The quantitative estimate of drug-likeness (QED) is 0.626. The number of piperidine rings is 1. The van der Waals surface area contributed by atoms with Gasteiger partial charge in [0.25, 0.3) is 11.8 Å². The van der Waals surface area contributed by atoms with Crippen LogP contribution in [0.15, 0.2) is 48.5 Å². The lowest BCUT2D eigenvalue weighted by atomic mass is 10.0. The first-order chi connectivity index (χ1) is 15.8. The number of aromatic amines is 1. The molecular weight excluding hydrogens is 414 g/mol. The van der Waals surface area contributed by atoms with Crippen LogP contribution in [0.3, 0.4) is 0 Å². The lowest BCUT2D eigenvalue weighted by Gasteiger charge is -2.32. The van der Waals surface area contributed by atoms with E-state index in [9.17, 15) is 9.59 Å². The van der Waals surface area contributed by atoms with Gasteiger partial charge in [0.2, 0.25) is 0 Å². The molecule has 4 rings (SSSR count). The Kier molecular flexibility index (Phi) is 6.49. The van der Waals surface area contributed by atoms with Gasteiger partial charge < -0.3 is 15.1 Å². The summed E-state index contributed by atoms with van der Waals surface area (Å²) in [6.45, 7) is 5.30. The number of nitrogens with zero attached hydrogens (tertiary/aromatic N) is 3. The van der Waals surface area contributed by atoms with Gasteiger partial charge in [-0.05, 0) is 56.5 Å². The predicted molar refractivity (Wildman–Crippen MR) is 131 cm³/mol. The van der Waals surface area contributed by atoms with Crippen molar-refractivity contribution in [3.8, 4) is 11.3 Å². The van der Waals surface area contributed by atoms with E-state index in [0.29, 0.717) is 24.3 Å². The van der Waals surface area contributed by atoms with Crippen LogP contribution >= 0.6 is 0 Å². The molecule has 0 spiro atoms. The molecule has 2 N–H and O–H groups in total. The number of amides is 2. The molecule has 3 aromatic rings. The second kappa shape index (κ2) is 9.48. The number of anilines is 1. The van der Waals surface area contributed by atoms with Crippen molar-refractivity contribution in [3.63, 3.8) is 0 Å². The normalized spacial score (nSPS) is 14.2. The van der Waals surface area contributed by atoms with Crippen LogP contribution in [-0.2, 0) is 0 Å². The van der Waals surface area contributed by atoms with E-state index in [-0.39, 0.29) is 17.9 Å². The molecule has 1 saturated heterocycles. The fourth-order valence-corrected chi connectivity index (χ4v) is 4.26. The van der Waals surface area contributed by atoms with Crippen LogP contribution in [0.25, 0.3) is 11.3 Å². The number of carbonyl (C=O) groups excluding carboxylic acids is 2. The summed E-state index contributed by atoms with van der Waals surface area (Å²) in [6.07, 6.45) is 1.45. The molecule has 1 aliphatic heterocycles. The molecule has 7 nitrogen and oxygen atoms in total. The molecule has 172 valence electrons. The van der Waals surface area contributed by atoms with Crippen LogP contribution in [-0.4, -0.2) is 60.1 Å². The second-order valence-electron chi connectivity index (χ2n) is 8.97. The number of hydrogen-bond donors (Lipinski definition) is 2. The minimum absolute atomic E-state index is 0.0529. The minimum atomic E-state index is -0.0739. The Morgan fingerprint density at radius 3 is 2.52 bits per heavy atom. The number of H-pyrrole nitrogens is 1. The van der Waals surface area contributed by atoms with Crippen molar-refractivity contribution >= 4 is 17.5 Å². The highest BCUT2D eigenvalue weighted by Gasteiger charge is 2.26. The van der Waals surface area contributed by atoms with Gasteiger partial charge >= 0.3 is 0 Å². The molecule has 33 heavy (non-hydrogen) atoms. The van der Waals surface area contributed by atoms with E-state index in [0.717, 1.165) is 35.3 Å². The molecule has 2 aromatic carbocycles. The van der Waals surface area contributed by atoms with Crippen molar-refractivity contribution in [1.82, 2.24) is 20.4 Å². The number of benzene rings is 2. The highest BCUT2D eigenvalue weighted by atomic mass is 16.2. The molecular formula is C26H31N5O2. The number of nitrogens with one attached hydrogen (secondary N) is 2. The third-order valence-electron chi connectivity index (χ3n) is 6.21. The Balaban J connectivity index is 1.34. The first kappa shape index (κ1) is 22.6. The summed E-state index contributed by atoms with van der Waals surface area (Å²) in [4.78, 5) is 29.5. The van der Waals surface area contributed by atoms with Crippen molar-refractivity contribution in [2.75, 3.05) is 32.1 Å². The summed E-state index contributed by atoms with van der Waals surface area (Å²) < 4.78 is 0. The van der Waals surface area contributed by atoms with Crippen LogP contribution in [0.4, 0.5) is 5.69 Å². The molecule has 2 amide bonds. The Bertz CT molecular complexity index is 1160. The van der Waals surface area contributed by atoms with Crippen LogP contribution < -0.4 is 10.2 Å². The van der Waals surface area contributed by atoms with Gasteiger partial charge in [-0.2, -0.15) is 5.10 Å². The lowest BCUT2D eigenvalue weighted by Crippen LogP contribution is -2.46. The van der Waals surface area contributed by atoms with Gasteiger partial charge in [-0.3, -0.25) is 14.7 Å². The van der Waals surface area contributed by atoms with E-state index in [1.165, 1.54) is 5.56 Å². The van der Waals surface area contributed by atoms with E-state index >= 15 is 0 Å². The van der Waals surface area contributed by atoms with Crippen LogP contribution in [0, 0.1) is 13.8 Å². The summed E-state index contributed by atoms with van der Waals surface area (Å²) in [6, 6.07) is 15.7. The third-order valence-corrected chi connectivity index (χ3v) is 6.21. The highest BCUT2D eigenvalue weighted by Crippen LogP contribution is 2.24. The smallest absolute Gasteiger partial charge is 0.271 e. The second-order valence-corrected chi connectivity index (χ2v) is 8.97. The molecule has 0 radical (unpaired) electrons. The highest BCUT2D eigenvalue weighted by molar-refractivity contribution is 5.95. The average Bonchev–Trinajstić information content (AvgIpc) is 3.29. The Morgan fingerprint density at radius 2 is 1.82 bits per heavy atom. The van der Waals surface area contributed by atoms with Gasteiger partial charge in [0.15, 0.2) is 0 Å². The largest absolute Gasteiger partial charge is 0.378 e. The first-order valence-corrected chi connectivity index (χ1v) is 11.3. The summed E-state index contributed by atoms with van der Waals surface area (Å²) in [5, 5.41) is 10.4. The lowest BCUT2D eigenvalue weighted by molar-refractivity contribution is 0.0692. The molecule has 1 aromatic heterocycles. The van der Waals surface area contributed by atoms with Gasteiger partial charge in [-0.25, -0.2) is 0 Å². The maximum atomic E-state index is 13.0. The number of rotatable bonds is 5. The van der Waals surface area contributed by atoms with Gasteiger partial charge in [0.1, 0.15) is 5.69 Å². The third kappa shape index (κ3) is 5.08. The summed E-state index contributed by atoms with van der Waals surface area (Å²) in [5.74, 6) is -0.128. The first-order valence-electron chi connectivity index (χ1n) is 11.3. The standard InChI is InChI=1S/C26H31N5O2/c1-17-8-9-22(18(2)14-17)23-16-24(29-28-23)26(33)31-12-10-20(11-13-31)27-25(32)19-6-5-7-21(15-19)30(3)4/h5-9,14-16,20H,10-13H2,1-4H3,(H,27,32)(H,28,29). The number of carbonyl (C=O) groups is 2. The summed E-state index contributed by atoms with van der Waals surface area (Å²) >= 11 is 0. The summed E-state index contributed by atoms with van der Waals surface area (Å²) in [7, 11) is 3.91.